The van der Waals surface area contributed by atoms with Gasteiger partial charge in [-0.05, 0) is 215 Å². The first-order valence-electron chi connectivity index (χ1n) is 43.8. The van der Waals surface area contributed by atoms with Crippen molar-refractivity contribution in [1.29, 1.82) is 0 Å². The highest BCUT2D eigenvalue weighted by Gasteiger charge is 2.18. The molecule has 1 aliphatic heterocycles. The molecule has 13 heteroatoms. The number of thiophene rings is 2. The van der Waals surface area contributed by atoms with E-state index in [2.05, 4.69) is 421 Å². The first kappa shape index (κ1) is 109. The van der Waals surface area contributed by atoms with Crippen molar-refractivity contribution in [1.82, 2.24) is 49.8 Å². The Morgan fingerprint density at radius 1 is 0.350 bits per heavy atom. The molecule has 664 valence electrons. The fourth-order valence-electron chi connectivity index (χ4n) is 10.6. The largest absolute Gasteiger partial charge is 0.365 e. The van der Waals surface area contributed by atoms with E-state index in [1.165, 1.54) is 66.2 Å². The van der Waals surface area contributed by atoms with Crippen molar-refractivity contribution in [2.24, 2.45) is 16.8 Å². The van der Waals surface area contributed by atoms with Crippen LogP contribution in [0.3, 0.4) is 0 Å². The van der Waals surface area contributed by atoms with Crippen LogP contribution in [-0.2, 0) is 37.9 Å². The number of hydrogen-bond acceptors (Lipinski definition) is 12. The number of benzene rings is 2. The maximum Gasteiger partial charge on any atom is 0.115 e. The molecule has 0 atom stereocenters. The fourth-order valence-corrected chi connectivity index (χ4v) is 12.3. The zero-order valence-corrected chi connectivity index (χ0v) is 83.4. The average molecular weight is 1700 g/mol. The van der Waals surface area contributed by atoms with E-state index in [0.717, 1.165) is 29.9 Å². The van der Waals surface area contributed by atoms with E-state index in [1.54, 1.807) is 42.5 Å². The Bertz CT molecular complexity index is 4280. The first-order valence-corrected chi connectivity index (χ1v) is 45.7. The predicted octanol–water partition coefficient (Wildman–Crippen LogP) is 31.5. The molecule has 0 saturated heterocycles. The highest BCUT2D eigenvalue weighted by molar-refractivity contribution is 7.10. The SMILES string of the molecule is CC(C)(C)c1ccc[nH]1.CC(C)(C)c1ccccc1.CC(C)(C)c1ccccn1.CC(C)(C)c1cccnc1.CC(C)(C)c1cccs1.CC(C)(C)c1ccncc1.CC(C)(C)c1ccsc1.CC(C)C1=CCC=C1.CC(C)C1=NCC=C1.CC(C)c1ccncc1.CC(C)c1cnc2ccccc2c1.CC(C)c1cnccn1.CC(C)c1cncnc1. The summed E-state index contributed by atoms with van der Waals surface area (Å²) in [6.07, 6.45) is 39.3. The average Bonchev–Trinajstić information content (AvgIpc) is 1.61. The molecule has 1 aliphatic carbocycles. The lowest BCUT2D eigenvalue weighted by Crippen LogP contribution is -2.12. The Balaban J connectivity index is 0.000000452. The number of aliphatic imine (C=N–C) groups is 1. The molecule has 0 bridgehead atoms. The molecule has 2 aromatic carbocycles. The third-order valence-electron chi connectivity index (χ3n) is 19.0. The Morgan fingerprint density at radius 3 is 1.24 bits per heavy atom. The number of allylic oxidation sites excluding steroid dienone is 5. The molecule has 11 nitrogen and oxygen atoms in total. The van der Waals surface area contributed by atoms with E-state index in [-0.39, 0.29) is 21.7 Å². The van der Waals surface area contributed by atoms with Gasteiger partial charge in [-0.1, -0.05) is 320 Å². The number of nitrogens with one attached hydrogen (secondary N) is 1. The van der Waals surface area contributed by atoms with Gasteiger partial charge in [-0.3, -0.25) is 39.9 Å². The van der Waals surface area contributed by atoms with Gasteiger partial charge in [0.15, 0.2) is 0 Å². The van der Waals surface area contributed by atoms with E-state index >= 15 is 0 Å². The topological polar surface area (TPSA) is 144 Å². The zero-order valence-electron chi connectivity index (χ0n) is 81.8. The van der Waals surface area contributed by atoms with Gasteiger partial charge in [-0.25, -0.2) is 9.97 Å². The van der Waals surface area contributed by atoms with Crippen LogP contribution in [0.4, 0.5) is 0 Å². The lowest BCUT2D eigenvalue weighted by molar-refractivity contribution is 0.569. The Kier molecular flexibility index (Phi) is 49.9. The van der Waals surface area contributed by atoms with Crippen LogP contribution in [-0.4, -0.2) is 62.1 Å². The lowest BCUT2D eigenvalue weighted by atomic mass is 9.87. The minimum atomic E-state index is 0.182. The molecule has 1 N–H and O–H groups in total. The maximum atomic E-state index is 4.40. The van der Waals surface area contributed by atoms with Gasteiger partial charge in [0.2, 0.25) is 0 Å². The second kappa shape index (κ2) is 56.1. The van der Waals surface area contributed by atoms with Crippen LogP contribution < -0.4 is 0 Å². The standard InChI is InChI=1S/C12H13N.C10H14.3C9H13N.C8H13N.C8H11N.2C8H12S.C8H12.2C7H10N2.C7H11N/c1-9(2)11-7-10-5-3-4-6-12(10)13-8-11;1-10(2,3)9-7-5-4-6-8-9;1-9(2,3)8-4-6-10-7-5-8;1-9(2,3)8-5-4-6-10-7-8;1-9(2,3)8-6-4-5-7-10-8;1-8(2,3)7-5-4-6-9-7;1-7(2)8-3-5-9-6-4-8;1-8(2,3)7-4-5-9-6-7;1-8(2,3)7-5-4-6-9-7;1-7(2)8-5-3-4-6-8;1-6(2)7-3-8-5-9-4-7;1-6(2)7-5-8-3-4-9-7;1-6(2)7-4-3-5-8-7/h3-9H,1-2H3;4-8H,1-3H3;3*4-7H,1-3H3;4-6,9H,1-3H3;3-7H,1-2H3;2*4-6H,1-3H3;3,5-7H,4H2,1-2H3;2*3-6H,1-2H3;3-4,6H,5H2,1-2H3. The number of pyridine rings is 5. The summed E-state index contributed by atoms with van der Waals surface area (Å²) < 4.78 is 0. The maximum absolute atomic E-state index is 4.40. The molecule has 0 fully saturated rings. The molecule has 0 saturated carbocycles. The van der Waals surface area contributed by atoms with Gasteiger partial charge in [0.1, 0.15) is 6.33 Å². The van der Waals surface area contributed by atoms with Crippen molar-refractivity contribution in [3.63, 3.8) is 0 Å². The molecule has 123 heavy (non-hydrogen) atoms. The smallest absolute Gasteiger partial charge is 0.115 e. The summed E-state index contributed by atoms with van der Waals surface area (Å²) in [5, 5.41) is 7.69. The number of hydrogen-bond donors (Lipinski definition) is 1. The van der Waals surface area contributed by atoms with Crippen LogP contribution in [0.1, 0.15) is 319 Å². The van der Waals surface area contributed by atoms with Crippen molar-refractivity contribution in [2.45, 2.75) is 296 Å². The molecule has 0 spiro atoms. The van der Waals surface area contributed by atoms with Gasteiger partial charge >= 0.3 is 0 Å². The van der Waals surface area contributed by atoms with Crippen molar-refractivity contribution in [2.75, 3.05) is 6.54 Å². The number of rotatable bonds is 6. The zero-order chi connectivity index (χ0) is 92.5. The van der Waals surface area contributed by atoms with Crippen molar-refractivity contribution >= 4 is 39.3 Å². The molecule has 11 heterocycles. The van der Waals surface area contributed by atoms with Gasteiger partial charge < -0.3 is 4.98 Å². The Morgan fingerprint density at radius 2 is 0.911 bits per heavy atom. The predicted molar refractivity (Wildman–Crippen MR) is 539 cm³/mol. The van der Waals surface area contributed by atoms with Gasteiger partial charge in [-0.15, -0.1) is 11.3 Å². The van der Waals surface area contributed by atoms with Crippen molar-refractivity contribution in [3.8, 4) is 0 Å². The fraction of sp³-hybridized carbons (Fsp3) is 0.436. The highest BCUT2D eigenvalue weighted by atomic mass is 32.1. The minimum absolute atomic E-state index is 0.182. The van der Waals surface area contributed by atoms with Gasteiger partial charge in [0.05, 0.1) is 17.8 Å². The normalized spacial score (nSPS) is 12.0. The second-order valence-electron chi connectivity index (χ2n) is 39.4. The monoisotopic (exact) mass is 1700 g/mol. The van der Waals surface area contributed by atoms with Gasteiger partial charge in [-0.2, -0.15) is 11.3 Å². The van der Waals surface area contributed by atoms with Crippen molar-refractivity contribution < 1.29 is 0 Å². The van der Waals surface area contributed by atoms with E-state index in [0.29, 0.717) is 51.8 Å². The molecular formula is C110H157N11S2. The number of aromatic nitrogens is 10. The van der Waals surface area contributed by atoms with Crippen LogP contribution >= 0.6 is 22.7 Å². The number of aromatic amines is 1. The van der Waals surface area contributed by atoms with Crippen LogP contribution in [0.15, 0.2) is 296 Å². The lowest BCUT2D eigenvalue weighted by Gasteiger charge is -2.18. The molecule has 0 amide bonds. The molecular weight excluding hydrogens is 1540 g/mol. The van der Waals surface area contributed by atoms with Crippen LogP contribution in [0.25, 0.3) is 10.9 Å². The first-order chi connectivity index (χ1) is 57.5. The summed E-state index contributed by atoms with van der Waals surface area (Å²) in [7, 11) is 0. The summed E-state index contributed by atoms with van der Waals surface area (Å²) in [6, 6.07) is 49.9. The quantitative estimate of drug-likeness (QED) is 0.172. The van der Waals surface area contributed by atoms with Gasteiger partial charge in [0.25, 0.3) is 0 Å². The van der Waals surface area contributed by atoms with Gasteiger partial charge in [0, 0.05) is 125 Å². The molecule has 12 aromatic rings. The molecule has 14 rings (SSSR count). The third kappa shape index (κ3) is 48.7. The summed E-state index contributed by atoms with van der Waals surface area (Å²) in [4.78, 5) is 45.3. The molecule has 10 aromatic heterocycles. The summed E-state index contributed by atoms with van der Waals surface area (Å²) >= 11 is 3.60. The number of H-pyrrole nitrogens is 1. The van der Waals surface area contributed by atoms with E-state index in [9.17, 15) is 0 Å². The van der Waals surface area contributed by atoms with E-state index in [4.69, 9.17) is 0 Å². The highest BCUT2D eigenvalue weighted by Crippen LogP contribution is 2.29. The minimum Gasteiger partial charge on any atom is -0.365 e. The summed E-state index contributed by atoms with van der Waals surface area (Å²) in [5.74, 6) is 3.51. The van der Waals surface area contributed by atoms with Crippen molar-refractivity contribution in [3.05, 3.63) is 352 Å². The van der Waals surface area contributed by atoms with E-state index in [1.807, 2.05) is 128 Å². The van der Waals surface area contributed by atoms with Crippen LogP contribution in [0.5, 0.6) is 0 Å². The van der Waals surface area contributed by atoms with Crippen LogP contribution in [0, 0.1) is 11.8 Å². The third-order valence-corrected chi connectivity index (χ3v) is 21.0. The molecule has 0 radical (unpaired) electrons. The van der Waals surface area contributed by atoms with Crippen LogP contribution in [0.2, 0.25) is 0 Å². The summed E-state index contributed by atoms with van der Waals surface area (Å²) in [5.41, 5.74) is 18.5. The number of nitrogens with zero attached hydrogens (tertiary/aromatic N) is 10. The molecule has 0 unspecified atom stereocenters. The number of fused-ring (bicyclic) bond motifs is 1. The second-order valence-corrected chi connectivity index (χ2v) is 41.1. The summed E-state index contributed by atoms with van der Waals surface area (Å²) in [6.45, 7) is 73.1. The van der Waals surface area contributed by atoms with E-state index < -0.39 is 0 Å². The Labute approximate surface area is 755 Å². The Hall–Kier alpha value is -9.82. The molecule has 2 aliphatic rings. The number of para-hydroxylation sites is 1.